The van der Waals surface area contributed by atoms with E-state index < -0.39 is 18.0 Å². The van der Waals surface area contributed by atoms with Crippen molar-refractivity contribution in [2.75, 3.05) is 14.2 Å². The van der Waals surface area contributed by atoms with Gasteiger partial charge < -0.3 is 14.2 Å². The molecule has 0 N–H and O–H groups in total. The lowest BCUT2D eigenvalue weighted by Crippen LogP contribution is -2.08. The first kappa shape index (κ1) is 11.4. The molecule has 5 heteroatoms. The second-order valence-electron chi connectivity index (χ2n) is 3.63. The predicted octanol–water partition coefficient (Wildman–Crippen LogP) is 1.47. The molecule has 0 spiro atoms. The molecular weight excluding hydrogens is 224 g/mol. The van der Waals surface area contributed by atoms with Gasteiger partial charge in [0.15, 0.2) is 0 Å². The summed E-state index contributed by atoms with van der Waals surface area (Å²) in [6, 6.07) is 5.02. The maximum absolute atomic E-state index is 11.5. The standard InChI is InChI=1S/C12H12O5/c1-15-7-3-4-8-9(5-7)10(17-12(8)14)6-11(13)16-2/h3-5,10H,6H2,1-2H3. The zero-order chi connectivity index (χ0) is 12.4. The number of carbonyl (C=O) groups is 2. The summed E-state index contributed by atoms with van der Waals surface area (Å²) in [6.45, 7) is 0. The topological polar surface area (TPSA) is 61.8 Å². The normalized spacial score (nSPS) is 17.3. The van der Waals surface area contributed by atoms with Gasteiger partial charge in [-0.05, 0) is 18.2 Å². The van der Waals surface area contributed by atoms with Crippen LogP contribution in [-0.4, -0.2) is 26.2 Å². The Morgan fingerprint density at radius 3 is 2.82 bits per heavy atom. The average molecular weight is 236 g/mol. The van der Waals surface area contributed by atoms with Gasteiger partial charge in [-0.1, -0.05) is 0 Å². The van der Waals surface area contributed by atoms with Gasteiger partial charge >= 0.3 is 11.9 Å². The summed E-state index contributed by atoms with van der Waals surface area (Å²) in [6.07, 6.45) is -0.567. The van der Waals surface area contributed by atoms with Gasteiger partial charge in [-0.15, -0.1) is 0 Å². The molecule has 1 aromatic rings. The molecule has 0 saturated carbocycles. The lowest BCUT2D eigenvalue weighted by atomic mass is 10.0. The molecular formula is C12H12O5. The van der Waals surface area contributed by atoms with E-state index in [4.69, 9.17) is 9.47 Å². The minimum atomic E-state index is -0.583. The van der Waals surface area contributed by atoms with Gasteiger partial charge in [0.05, 0.1) is 26.2 Å². The van der Waals surface area contributed by atoms with Crippen LogP contribution in [0.2, 0.25) is 0 Å². The molecule has 1 unspecified atom stereocenters. The number of hydrogen-bond donors (Lipinski definition) is 0. The van der Waals surface area contributed by atoms with Crippen molar-refractivity contribution in [1.82, 2.24) is 0 Å². The third kappa shape index (κ3) is 2.08. The lowest BCUT2D eigenvalue weighted by molar-refractivity contribution is -0.142. The molecule has 17 heavy (non-hydrogen) atoms. The van der Waals surface area contributed by atoms with E-state index in [-0.39, 0.29) is 6.42 Å². The SMILES string of the molecule is COC(=O)CC1OC(=O)c2ccc(OC)cc21. The van der Waals surface area contributed by atoms with Crippen LogP contribution in [0.1, 0.15) is 28.4 Å². The Labute approximate surface area is 98.3 Å². The number of rotatable bonds is 3. The molecule has 1 aromatic carbocycles. The first-order chi connectivity index (χ1) is 8.15. The monoisotopic (exact) mass is 236 g/mol. The van der Waals surface area contributed by atoms with E-state index in [9.17, 15) is 9.59 Å². The molecule has 0 radical (unpaired) electrons. The largest absolute Gasteiger partial charge is 0.497 e. The molecule has 0 aliphatic carbocycles. The van der Waals surface area contributed by atoms with Crippen LogP contribution in [0, 0.1) is 0 Å². The molecule has 1 aliphatic heterocycles. The molecule has 5 nitrogen and oxygen atoms in total. The Balaban J connectivity index is 2.31. The van der Waals surface area contributed by atoms with Gasteiger partial charge in [-0.2, -0.15) is 0 Å². The first-order valence-corrected chi connectivity index (χ1v) is 5.11. The van der Waals surface area contributed by atoms with Gasteiger partial charge in [-0.3, -0.25) is 4.79 Å². The zero-order valence-electron chi connectivity index (χ0n) is 9.56. The van der Waals surface area contributed by atoms with E-state index in [1.54, 1.807) is 18.2 Å². The van der Waals surface area contributed by atoms with Crippen LogP contribution in [0.4, 0.5) is 0 Å². The molecule has 0 bridgehead atoms. The van der Waals surface area contributed by atoms with E-state index >= 15 is 0 Å². The summed E-state index contributed by atoms with van der Waals surface area (Å²) in [5.74, 6) is -0.216. The first-order valence-electron chi connectivity index (χ1n) is 5.11. The maximum atomic E-state index is 11.5. The Hall–Kier alpha value is -2.04. The predicted molar refractivity (Wildman–Crippen MR) is 57.8 cm³/mol. The smallest absolute Gasteiger partial charge is 0.339 e. The van der Waals surface area contributed by atoms with Crippen molar-refractivity contribution in [2.45, 2.75) is 12.5 Å². The highest BCUT2D eigenvalue weighted by atomic mass is 16.6. The summed E-state index contributed by atoms with van der Waals surface area (Å²) < 4.78 is 14.7. The number of fused-ring (bicyclic) bond motifs is 1. The Bertz CT molecular complexity index is 466. The number of ether oxygens (including phenoxy) is 3. The lowest BCUT2D eigenvalue weighted by Gasteiger charge is -2.09. The van der Waals surface area contributed by atoms with E-state index in [1.165, 1.54) is 14.2 Å². The number of methoxy groups -OCH3 is 2. The van der Waals surface area contributed by atoms with Crippen LogP contribution < -0.4 is 4.74 Å². The van der Waals surface area contributed by atoms with Crippen LogP contribution in [0.5, 0.6) is 5.75 Å². The van der Waals surface area contributed by atoms with Crippen molar-refractivity contribution in [3.63, 3.8) is 0 Å². The van der Waals surface area contributed by atoms with Crippen LogP contribution in [-0.2, 0) is 14.3 Å². The van der Waals surface area contributed by atoms with Crippen LogP contribution in [0.3, 0.4) is 0 Å². The van der Waals surface area contributed by atoms with Crippen molar-refractivity contribution in [2.24, 2.45) is 0 Å². The molecule has 1 heterocycles. The highest BCUT2D eigenvalue weighted by Crippen LogP contribution is 2.35. The molecule has 90 valence electrons. The van der Waals surface area contributed by atoms with Crippen LogP contribution in [0.25, 0.3) is 0 Å². The van der Waals surface area contributed by atoms with Crippen LogP contribution in [0.15, 0.2) is 18.2 Å². The maximum Gasteiger partial charge on any atom is 0.339 e. The van der Waals surface area contributed by atoms with Gasteiger partial charge in [0.1, 0.15) is 11.9 Å². The van der Waals surface area contributed by atoms with Crippen LogP contribution >= 0.6 is 0 Å². The Morgan fingerprint density at radius 2 is 2.18 bits per heavy atom. The minimum absolute atomic E-state index is 0.0163. The fourth-order valence-electron chi connectivity index (χ4n) is 1.76. The summed E-state index contributed by atoms with van der Waals surface area (Å²) in [4.78, 5) is 22.7. The third-order valence-corrected chi connectivity index (χ3v) is 2.65. The average Bonchev–Trinajstić information content (AvgIpc) is 2.65. The number of esters is 2. The van der Waals surface area contributed by atoms with Crippen molar-refractivity contribution >= 4 is 11.9 Å². The minimum Gasteiger partial charge on any atom is -0.497 e. The Kier molecular flexibility index (Phi) is 2.99. The summed E-state index contributed by atoms with van der Waals surface area (Å²) in [5.41, 5.74) is 1.14. The summed E-state index contributed by atoms with van der Waals surface area (Å²) >= 11 is 0. The van der Waals surface area contributed by atoms with Gasteiger partial charge in [-0.25, -0.2) is 4.79 Å². The van der Waals surface area contributed by atoms with E-state index in [0.29, 0.717) is 16.9 Å². The quantitative estimate of drug-likeness (QED) is 0.744. The molecule has 0 fully saturated rings. The Morgan fingerprint density at radius 1 is 1.41 bits per heavy atom. The van der Waals surface area contributed by atoms with E-state index in [1.807, 2.05) is 0 Å². The van der Waals surface area contributed by atoms with Crippen molar-refractivity contribution in [1.29, 1.82) is 0 Å². The molecule has 1 aliphatic rings. The molecule has 1 atom stereocenters. The second-order valence-corrected chi connectivity index (χ2v) is 3.63. The number of benzene rings is 1. The van der Waals surface area contributed by atoms with Crippen molar-refractivity contribution in [3.05, 3.63) is 29.3 Å². The third-order valence-electron chi connectivity index (χ3n) is 2.65. The number of cyclic esters (lactones) is 1. The molecule has 0 aromatic heterocycles. The second kappa shape index (κ2) is 4.45. The van der Waals surface area contributed by atoms with E-state index in [2.05, 4.69) is 4.74 Å². The fourth-order valence-corrected chi connectivity index (χ4v) is 1.76. The van der Waals surface area contributed by atoms with Crippen molar-refractivity contribution < 1.29 is 23.8 Å². The number of carbonyl (C=O) groups excluding carboxylic acids is 2. The van der Waals surface area contributed by atoms with Gasteiger partial charge in [0, 0.05) is 5.56 Å². The highest BCUT2D eigenvalue weighted by molar-refractivity contribution is 5.94. The fraction of sp³-hybridized carbons (Fsp3) is 0.333. The van der Waals surface area contributed by atoms with Gasteiger partial charge in [0.25, 0.3) is 0 Å². The van der Waals surface area contributed by atoms with Crippen molar-refractivity contribution in [3.8, 4) is 5.75 Å². The molecule has 0 amide bonds. The summed E-state index contributed by atoms with van der Waals surface area (Å²) in [5, 5.41) is 0. The molecule has 0 saturated heterocycles. The van der Waals surface area contributed by atoms with E-state index in [0.717, 1.165) is 0 Å². The zero-order valence-corrected chi connectivity index (χ0v) is 9.56. The number of hydrogen-bond acceptors (Lipinski definition) is 5. The summed E-state index contributed by atoms with van der Waals surface area (Å²) in [7, 11) is 2.83. The van der Waals surface area contributed by atoms with Gasteiger partial charge in [0.2, 0.25) is 0 Å². The molecule has 2 rings (SSSR count). The highest BCUT2D eigenvalue weighted by Gasteiger charge is 2.33.